The fourth-order valence-electron chi connectivity index (χ4n) is 1.48. The van der Waals surface area contributed by atoms with Crippen LogP contribution in [0.5, 0.6) is 0 Å². The quantitative estimate of drug-likeness (QED) is 0.625. The van der Waals surface area contributed by atoms with Crippen LogP contribution in [-0.4, -0.2) is 18.5 Å². The van der Waals surface area contributed by atoms with Crippen molar-refractivity contribution in [2.45, 2.75) is 39.7 Å². The van der Waals surface area contributed by atoms with E-state index in [0.717, 1.165) is 19.4 Å². The molecule has 0 aromatic carbocycles. The average Bonchev–Trinajstić information content (AvgIpc) is 2.05. The number of hydrogen-bond donors (Lipinski definition) is 2. The molecule has 1 atom stereocenters. The zero-order valence-electron chi connectivity index (χ0n) is 8.26. The average molecular weight is 172 g/mol. The fraction of sp³-hybridized carbons (Fsp3) is 0.889. The zero-order valence-corrected chi connectivity index (χ0v) is 8.26. The lowest BCUT2D eigenvalue weighted by Gasteiger charge is -2.22. The van der Waals surface area contributed by atoms with Crippen LogP contribution in [0.3, 0.4) is 0 Å². The number of likely N-dealkylation sites (N-methyl/N-ethyl adjacent to an activating group) is 1. The van der Waals surface area contributed by atoms with Crippen LogP contribution in [-0.2, 0) is 4.79 Å². The zero-order chi connectivity index (χ0) is 9.56. The van der Waals surface area contributed by atoms with Gasteiger partial charge in [0.25, 0.3) is 0 Å². The molecule has 1 unspecified atom stereocenters. The Morgan fingerprint density at radius 2 is 1.83 bits per heavy atom. The van der Waals surface area contributed by atoms with E-state index in [1.807, 2.05) is 6.92 Å². The van der Waals surface area contributed by atoms with Crippen LogP contribution in [0, 0.1) is 5.92 Å². The summed E-state index contributed by atoms with van der Waals surface area (Å²) in [7, 11) is 0. The van der Waals surface area contributed by atoms with E-state index in [1.165, 1.54) is 0 Å². The fourth-order valence-corrected chi connectivity index (χ4v) is 1.48. The van der Waals surface area contributed by atoms with Crippen molar-refractivity contribution in [1.82, 2.24) is 5.32 Å². The summed E-state index contributed by atoms with van der Waals surface area (Å²) in [5.74, 6) is 0.146. The maximum Gasteiger partial charge on any atom is 0.234 e. The van der Waals surface area contributed by atoms with E-state index in [1.54, 1.807) is 0 Å². The van der Waals surface area contributed by atoms with Gasteiger partial charge in [0, 0.05) is 0 Å². The number of carbonyl (C=O) groups excluding carboxylic acids is 1. The van der Waals surface area contributed by atoms with Crippen LogP contribution in [0.2, 0.25) is 0 Å². The smallest absolute Gasteiger partial charge is 0.234 e. The summed E-state index contributed by atoms with van der Waals surface area (Å²) in [4.78, 5) is 11.0. The molecule has 0 bridgehead atoms. The molecule has 3 N–H and O–H groups in total. The van der Waals surface area contributed by atoms with E-state index in [9.17, 15) is 4.79 Å². The highest BCUT2D eigenvalue weighted by Crippen LogP contribution is 2.12. The monoisotopic (exact) mass is 172 g/mol. The van der Waals surface area contributed by atoms with Crippen LogP contribution in [0.1, 0.15) is 33.6 Å². The maximum absolute atomic E-state index is 11.0. The third kappa shape index (κ3) is 3.22. The van der Waals surface area contributed by atoms with Crippen molar-refractivity contribution in [3.8, 4) is 0 Å². The first-order valence-corrected chi connectivity index (χ1v) is 4.69. The van der Waals surface area contributed by atoms with Crippen molar-refractivity contribution in [1.29, 1.82) is 0 Å². The lowest BCUT2D eigenvalue weighted by Crippen LogP contribution is -2.46. The Kier molecular flexibility index (Phi) is 5.72. The Labute approximate surface area is 74.7 Å². The number of hydrogen-bond acceptors (Lipinski definition) is 2. The highest BCUT2D eigenvalue weighted by atomic mass is 16.1. The van der Waals surface area contributed by atoms with Gasteiger partial charge in [0.15, 0.2) is 0 Å². The minimum atomic E-state index is -0.231. The number of carbonyl (C=O) groups is 1. The maximum atomic E-state index is 11.0. The van der Waals surface area contributed by atoms with Crippen LogP contribution in [0.25, 0.3) is 0 Å². The van der Waals surface area contributed by atoms with Gasteiger partial charge in [0.2, 0.25) is 5.91 Å². The number of primary amides is 1. The summed E-state index contributed by atoms with van der Waals surface area (Å²) in [5, 5.41) is 3.11. The molecular formula is C9H20N2O. The standard InChI is InChI=1S/C9H20N2O/c1-4-7(5-2)8(9(10)12)11-6-3/h7-8,11H,4-6H2,1-3H3,(H2,10,12). The molecule has 0 aliphatic carbocycles. The van der Waals surface area contributed by atoms with Gasteiger partial charge in [-0.3, -0.25) is 4.79 Å². The molecule has 0 aromatic rings. The van der Waals surface area contributed by atoms with Crippen LogP contribution >= 0.6 is 0 Å². The molecular weight excluding hydrogens is 152 g/mol. The van der Waals surface area contributed by atoms with Crippen LogP contribution < -0.4 is 11.1 Å². The predicted molar refractivity (Wildman–Crippen MR) is 50.7 cm³/mol. The topological polar surface area (TPSA) is 55.1 Å². The van der Waals surface area contributed by atoms with E-state index in [0.29, 0.717) is 5.92 Å². The molecule has 0 aliphatic rings. The number of amides is 1. The number of rotatable bonds is 6. The molecule has 1 amide bonds. The Balaban J connectivity index is 4.15. The molecule has 3 heteroatoms. The van der Waals surface area contributed by atoms with Crippen molar-refractivity contribution >= 4 is 5.91 Å². The third-order valence-electron chi connectivity index (χ3n) is 2.25. The van der Waals surface area contributed by atoms with Gasteiger partial charge < -0.3 is 11.1 Å². The Morgan fingerprint density at radius 3 is 2.08 bits per heavy atom. The van der Waals surface area contributed by atoms with Crippen LogP contribution in [0.4, 0.5) is 0 Å². The molecule has 0 radical (unpaired) electrons. The molecule has 0 saturated heterocycles. The van der Waals surface area contributed by atoms with E-state index >= 15 is 0 Å². The third-order valence-corrected chi connectivity index (χ3v) is 2.25. The predicted octanol–water partition coefficient (Wildman–Crippen LogP) is 0.886. The highest BCUT2D eigenvalue weighted by molar-refractivity contribution is 5.80. The second-order valence-electron chi connectivity index (χ2n) is 3.01. The molecule has 0 rings (SSSR count). The molecule has 12 heavy (non-hydrogen) atoms. The summed E-state index contributed by atoms with van der Waals surface area (Å²) >= 11 is 0. The summed E-state index contributed by atoms with van der Waals surface area (Å²) in [6.45, 7) is 6.95. The highest BCUT2D eigenvalue weighted by Gasteiger charge is 2.21. The summed E-state index contributed by atoms with van der Waals surface area (Å²) in [6, 6.07) is -0.148. The van der Waals surface area contributed by atoms with E-state index in [-0.39, 0.29) is 11.9 Å². The van der Waals surface area contributed by atoms with Crippen molar-refractivity contribution in [2.24, 2.45) is 11.7 Å². The molecule has 0 fully saturated rings. The summed E-state index contributed by atoms with van der Waals surface area (Å²) in [6.07, 6.45) is 1.99. The van der Waals surface area contributed by atoms with Crippen LogP contribution in [0.15, 0.2) is 0 Å². The van der Waals surface area contributed by atoms with Crippen molar-refractivity contribution in [2.75, 3.05) is 6.54 Å². The van der Waals surface area contributed by atoms with Gasteiger partial charge in [-0.25, -0.2) is 0 Å². The van der Waals surface area contributed by atoms with Gasteiger partial charge in [-0.15, -0.1) is 0 Å². The van der Waals surface area contributed by atoms with Gasteiger partial charge in [0.1, 0.15) is 0 Å². The minimum Gasteiger partial charge on any atom is -0.368 e. The molecule has 0 aromatic heterocycles. The second-order valence-corrected chi connectivity index (χ2v) is 3.01. The Hall–Kier alpha value is -0.570. The van der Waals surface area contributed by atoms with Crippen molar-refractivity contribution in [3.63, 3.8) is 0 Å². The van der Waals surface area contributed by atoms with Gasteiger partial charge in [-0.2, -0.15) is 0 Å². The van der Waals surface area contributed by atoms with E-state index < -0.39 is 0 Å². The van der Waals surface area contributed by atoms with E-state index in [2.05, 4.69) is 19.2 Å². The first-order chi connectivity index (χ1) is 5.67. The Bertz CT molecular complexity index is 132. The summed E-state index contributed by atoms with van der Waals surface area (Å²) in [5.41, 5.74) is 5.27. The SMILES string of the molecule is CCNC(C(N)=O)C(CC)CC. The number of nitrogens with one attached hydrogen (secondary N) is 1. The number of nitrogens with two attached hydrogens (primary N) is 1. The molecule has 0 saturated carbocycles. The lowest BCUT2D eigenvalue weighted by atomic mass is 9.94. The van der Waals surface area contributed by atoms with Crippen molar-refractivity contribution in [3.05, 3.63) is 0 Å². The largest absolute Gasteiger partial charge is 0.368 e. The molecule has 0 heterocycles. The first kappa shape index (κ1) is 11.4. The normalized spacial score (nSPS) is 13.3. The lowest BCUT2D eigenvalue weighted by molar-refractivity contribution is -0.121. The summed E-state index contributed by atoms with van der Waals surface area (Å²) < 4.78 is 0. The molecule has 72 valence electrons. The Morgan fingerprint density at radius 1 is 1.33 bits per heavy atom. The van der Waals surface area contributed by atoms with Gasteiger partial charge in [-0.1, -0.05) is 33.6 Å². The van der Waals surface area contributed by atoms with Gasteiger partial charge >= 0.3 is 0 Å². The molecule has 3 nitrogen and oxygen atoms in total. The van der Waals surface area contributed by atoms with E-state index in [4.69, 9.17) is 5.73 Å². The van der Waals surface area contributed by atoms with Crippen molar-refractivity contribution < 1.29 is 4.79 Å². The second kappa shape index (κ2) is 6.00. The molecule has 0 spiro atoms. The van der Waals surface area contributed by atoms with Gasteiger partial charge in [-0.05, 0) is 12.5 Å². The minimum absolute atomic E-state index is 0.148. The molecule has 0 aliphatic heterocycles. The van der Waals surface area contributed by atoms with Gasteiger partial charge in [0.05, 0.1) is 6.04 Å². The first-order valence-electron chi connectivity index (χ1n) is 4.69.